The second kappa shape index (κ2) is 8.62. The second-order valence-electron chi connectivity index (χ2n) is 6.47. The highest BCUT2D eigenvalue weighted by molar-refractivity contribution is 5.99. The van der Waals surface area contributed by atoms with E-state index in [-0.39, 0.29) is 17.6 Å². The number of nitrogens with one attached hydrogen (secondary N) is 1. The number of pyridine rings is 1. The van der Waals surface area contributed by atoms with Crippen LogP contribution in [-0.2, 0) is 0 Å². The second-order valence-corrected chi connectivity index (χ2v) is 6.47. The van der Waals surface area contributed by atoms with E-state index >= 15 is 0 Å². The topological polar surface area (TPSA) is 65.5 Å². The molecular weight excluding hydrogens is 347 g/mol. The lowest BCUT2D eigenvalue weighted by molar-refractivity contribution is 0.0746. The molecule has 0 unspecified atom stereocenters. The van der Waals surface area contributed by atoms with Crippen molar-refractivity contribution in [3.05, 3.63) is 59.7 Å². The smallest absolute Gasteiger partial charge is 0.255 e. The summed E-state index contributed by atoms with van der Waals surface area (Å²) < 4.78 is 13.1. The highest BCUT2D eigenvalue weighted by Crippen LogP contribution is 2.18. The molecule has 0 atom stereocenters. The molecule has 6 nitrogen and oxygen atoms in total. The van der Waals surface area contributed by atoms with Crippen LogP contribution in [0.1, 0.15) is 34.1 Å². The minimum Gasteiger partial charge on any atom is -0.368 e. The van der Waals surface area contributed by atoms with E-state index in [1.807, 2.05) is 6.92 Å². The third kappa shape index (κ3) is 4.61. The van der Waals surface area contributed by atoms with Crippen molar-refractivity contribution < 1.29 is 14.0 Å². The first-order valence-corrected chi connectivity index (χ1v) is 9.11. The van der Waals surface area contributed by atoms with Crippen LogP contribution in [0.5, 0.6) is 0 Å². The number of rotatable bonds is 5. The number of nitrogens with zero attached hydrogens (tertiary/aromatic N) is 3. The quantitative estimate of drug-likeness (QED) is 0.877. The maximum absolute atomic E-state index is 13.1. The molecule has 2 aromatic rings. The molecule has 0 radical (unpaired) electrons. The Labute approximate surface area is 158 Å². The third-order valence-electron chi connectivity index (χ3n) is 4.54. The highest BCUT2D eigenvalue weighted by atomic mass is 19.1. The van der Waals surface area contributed by atoms with Crippen LogP contribution in [0.2, 0.25) is 0 Å². The maximum atomic E-state index is 13.1. The van der Waals surface area contributed by atoms with E-state index in [4.69, 9.17) is 0 Å². The first-order chi connectivity index (χ1) is 13.1. The van der Waals surface area contributed by atoms with Crippen molar-refractivity contribution >= 4 is 17.5 Å². The largest absolute Gasteiger partial charge is 0.368 e. The van der Waals surface area contributed by atoms with Gasteiger partial charge in [0.15, 0.2) is 0 Å². The number of amides is 2. The van der Waals surface area contributed by atoms with Crippen LogP contribution in [0.3, 0.4) is 0 Å². The number of carbonyl (C=O) groups is 2. The lowest BCUT2D eigenvalue weighted by Crippen LogP contribution is -2.48. The first kappa shape index (κ1) is 18.8. The molecule has 3 rings (SSSR count). The molecule has 0 aliphatic carbocycles. The van der Waals surface area contributed by atoms with E-state index in [2.05, 4.69) is 15.2 Å². The zero-order valence-electron chi connectivity index (χ0n) is 15.3. The van der Waals surface area contributed by atoms with E-state index < -0.39 is 0 Å². The maximum Gasteiger partial charge on any atom is 0.255 e. The molecule has 1 saturated heterocycles. The molecule has 0 bridgehead atoms. The molecule has 1 N–H and O–H groups in total. The van der Waals surface area contributed by atoms with Gasteiger partial charge in [-0.1, -0.05) is 6.92 Å². The Hall–Kier alpha value is -2.96. The molecule has 1 fully saturated rings. The van der Waals surface area contributed by atoms with Gasteiger partial charge in [-0.25, -0.2) is 4.39 Å². The summed E-state index contributed by atoms with van der Waals surface area (Å²) in [6.07, 6.45) is 3.80. The van der Waals surface area contributed by atoms with Crippen LogP contribution >= 0.6 is 0 Å². The van der Waals surface area contributed by atoms with Crippen molar-refractivity contribution in [2.45, 2.75) is 13.3 Å². The number of benzene rings is 1. The SMILES string of the molecule is CCCNC(=O)c1cncc(C(=O)N2CCN(c3ccc(F)cc3)CC2)c1. The Bertz CT molecular complexity index is 802. The van der Waals surface area contributed by atoms with Crippen LogP contribution < -0.4 is 10.2 Å². The normalized spacial score (nSPS) is 14.1. The number of anilines is 1. The number of halogens is 1. The van der Waals surface area contributed by atoms with Gasteiger partial charge < -0.3 is 15.1 Å². The van der Waals surface area contributed by atoms with Crippen molar-refractivity contribution in [1.82, 2.24) is 15.2 Å². The van der Waals surface area contributed by atoms with Gasteiger partial charge in [-0.15, -0.1) is 0 Å². The van der Waals surface area contributed by atoms with Crippen molar-refractivity contribution in [2.75, 3.05) is 37.6 Å². The molecule has 0 saturated carbocycles. The van der Waals surface area contributed by atoms with Crippen molar-refractivity contribution in [3.63, 3.8) is 0 Å². The van der Waals surface area contributed by atoms with Crippen LogP contribution in [0.4, 0.5) is 10.1 Å². The lowest BCUT2D eigenvalue weighted by atomic mass is 10.1. The van der Waals surface area contributed by atoms with Gasteiger partial charge in [0.05, 0.1) is 11.1 Å². The molecule has 1 aliphatic rings. The Morgan fingerprint density at radius 3 is 2.41 bits per heavy atom. The predicted molar refractivity (Wildman–Crippen MR) is 101 cm³/mol. The zero-order valence-corrected chi connectivity index (χ0v) is 15.3. The van der Waals surface area contributed by atoms with Gasteiger partial charge in [0.1, 0.15) is 5.82 Å². The zero-order chi connectivity index (χ0) is 19.2. The standard InChI is InChI=1S/C20H23FN4O2/c1-2-7-23-19(26)15-12-16(14-22-13-15)20(27)25-10-8-24(9-11-25)18-5-3-17(21)4-6-18/h3-6,12-14H,2,7-11H2,1H3,(H,23,26). The van der Waals surface area contributed by atoms with Crippen LogP contribution in [0, 0.1) is 5.82 Å². The van der Waals surface area contributed by atoms with Crippen molar-refractivity contribution in [2.24, 2.45) is 0 Å². The third-order valence-corrected chi connectivity index (χ3v) is 4.54. The number of piperazine rings is 1. The first-order valence-electron chi connectivity index (χ1n) is 9.11. The van der Waals surface area contributed by atoms with Gasteiger partial charge in [0, 0.05) is 50.8 Å². The summed E-state index contributed by atoms with van der Waals surface area (Å²) in [7, 11) is 0. The summed E-state index contributed by atoms with van der Waals surface area (Å²) in [5.41, 5.74) is 1.74. The van der Waals surface area contributed by atoms with Crippen molar-refractivity contribution in [3.8, 4) is 0 Å². The number of hydrogen-bond acceptors (Lipinski definition) is 4. The molecular formula is C20H23FN4O2. The van der Waals surface area contributed by atoms with Crippen LogP contribution in [0.15, 0.2) is 42.7 Å². The van der Waals surface area contributed by atoms with Crippen molar-refractivity contribution in [1.29, 1.82) is 0 Å². The molecule has 1 aliphatic heterocycles. The summed E-state index contributed by atoms with van der Waals surface area (Å²) in [5, 5.41) is 2.79. The summed E-state index contributed by atoms with van der Waals surface area (Å²) in [5.74, 6) is -0.616. The summed E-state index contributed by atoms with van der Waals surface area (Å²) in [6.45, 7) is 5.01. The molecule has 2 amide bonds. The number of hydrogen-bond donors (Lipinski definition) is 1. The van der Waals surface area contributed by atoms with Gasteiger partial charge in [-0.3, -0.25) is 14.6 Å². The van der Waals surface area contributed by atoms with Crippen LogP contribution in [-0.4, -0.2) is 54.4 Å². The summed E-state index contributed by atoms with van der Waals surface area (Å²) in [6, 6.07) is 7.96. The van der Waals surface area contributed by atoms with Gasteiger partial charge in [0.2, 0.25) is 0 Å². The molecule has 2 heterocycles. The average Bonchev–Trinajstić information content (AvgIpc) is 2.72. The molecule has 1 aromatic heterocycles. The van der Waals surface area contributed by atoms with E-state index in [1.165, 1.54) is 24.5 Å². The Kier molecular flexibility index (Phi) is 6.01. The van der Waals surface area contributed by atoms with E-state index in [0.717, 1.165) is 12.1 Å². The van der Waals surface area contributed by atoms with E-state index in [0.29, 0.717) is 43.9 Å². The molecule has 27 heavy (non-hydrogen) atoms. The van der Waals surface area contributed by atoms with Gasteiger partial charge in [0.25, 0.3) is 11.8 Å². The van der Waals surface area contributed by atoms with Crippen LogP contribution in [0.25, 0.3) is 0 Å². The van der Waals surface area contributed by atoms with E-state index in [9.17, 15) is 14.0 Å². The van der Waals surface area contributed by atoms with E-state index in [1.54, 1.807) is 23.1 Å². The van der Waals surface area contributed by atoms with Gasteiger partial charge in [-0.2, -0.15) is 0 Å². The minimum atomic E-state index is -0.261. The highest BCUT2D eigenvalue weighted by Gasteiger charge is 2.23. The molecule has 7 heteroatoms. The Balaban J connectivity index is 1.62. The average molecular weight is 370 g/mol. The number of aromatic nitrogens is 1. The van der Waals surface area contributed by atoms with Gasteiger partial charge >= 0.3 is 0 Å². The Morgan fingerprint density at radius 1 is 1.07 bits per heavy atom. The fraction of sp³-hybridized carbons (Fsp3) is 0.350. The minimum absolute atomic E-state index is 0.133. The number of carbonyl (C=O) groups excluding carboxylic acids is 2. The predicted octanol–water partition coefficient (Wildman–Crippen LogP) is 2.32. The summed E-state index contributed by atoms with van der Waals surface area (Å²) >= 11 is 0. The van der Waals surface area contributed by atoms with Gasteiger partial charge in [-0.05, 0) is 36.8 Å². The summed E-state index contributed by atoms with van der Waals surface area (Å²) in [4.78, 5) is 32.8. The molecule has 142 valence electrons. The monoisotopic (exact) mass is 370 g/mol. The molecule has 1 aromatic carbocycles. The lowest BCUT2D eigenvalue weighted by Gasteiger charge is -2.36. The molecule has 0 spiro atoms. The Morgan fingerprint density at radius 2 is 1.74 bits per heavy atom. The fourth-order valence-corrected chi connectivity index (χ4v) is 3.02. The fourth-order valence-electron chi connectivity index (χ4n) is 3.02.